The van der Waals surface area contributed by atoms with Crippen molar-refractivity contribution in [1.29, 1.82) is 0 Å². The van der Waals surface area contributed by atoms with Crippen LogP contribution in [0.3, 0.4) is 0 Å². The Balaban J connectivity index is 1.64. The lowest BCUT2D eigenvalue weighted by molar-refractivity contribution is 0.238. The molecular formula is C17H17N5O2. The maximum atomic E-state index is 12.0. The molecule has 4 amide bonds. The number of nitrogens with one attached hydrogen (secondary N) is 4. The molecule has 2 aromatic rings. The third kappa shape index (κ3) is 3.70. The third-order valence-corrected chi connectivity index (χ3v) is 3.51. The van der Waals surface area contributed by atoms with E-state index in [1.54, 1.807) is 12.1 Å². The van der Waals surface area contributed by atoms with E-state index in [1.165, 1.54) is 0 Å². The standard InChI is InChI=1S/C17H17N5O2/c1-11-15(21-22-17(24)18-11)12-7-9-14(10-8-12)20-16(23)19-13-5-3-2-4-6-13/h2-11H,1H3,(H2,18,22,24)(H2,19,20,23). The zero-order valence-electron chi connectivity index (χ0n) is 13.0. The van der Waals surface area contributed by atoms with Gasteiger partial charge in [-0.1, -0.05) is 30.3 Å². The van der Waals surface area contributed by atoms with Gasteiger partial charge in [0.1, 0.15) is 0 Å². The molecule has 0 saturated carbocycles. The Morgan fingerprint density at radius 1 is 1.00 bits per heavy atom. The fourth-order valence-electron chi connectivity index (χ4n) is 2.36. The molecule has 122 valence electrons. The first-order valence-corrected chi connectivity index (χ1v) is 7.49. The highest BCUT2D eigenvalue weighted by Gasteiger charge is 2.20. The van der Waals surface area contributed by atoms with Crippen LogP contribution in [0.4, 0.5) is 21.0 Å². The Bertz CT molecular complexity index is 771. The minimum Gasteiger partial charge on any atom is -0.328 e. The predicted octanol–water partition coefficient (Wildman–Crippen LogP) is 2.74. The smallest absolute Gasteiger partial charge is 0.328 e. The Hall–Kier alpha value is -3.35. The van der Waals surface area contributed by atoms with E-state index in [2.05, 4.69) is 26.5 Å². The van der Waals surface area contributed by atoms with E-state index in [0.29, 0.717) is 5.69 Å². The van der Waals surface area contributed by atoms with Gasteiger partial charge in [0.2, 0.25) is 0 Å². The summed E-state index contributed by atoms with van der Waals surface area (Å²) < 4.78 is 0. The number of urea groups is 2. The first kappa shape index (κ1) is 15.5. The van der Waals surface area contributed by atoms with Crippen LogP contribution >= 0.6 is 0 Å². The van der Waals surface area contributed by atoms with Crippen molar-refractivity contribution in [1.82, 2.24) is 10.7 Å². The number of anilines is 2. The van der Waals surface area contributed by atoms with Gasteiger partial charge in [-0.2, -0.15) is 5.10 Å². The molecule has 0 aromatic heterocycles. The van der Waals surface area contributed by atoms with Crippen molar-refractivity contribution in [3.05, 3.63) is 60.2 Å². The highest BCUT2D eigenvalue weighted by molar-refractivity contribution is 6.07. The fourth-order valence-corrected chi connectivity index (χ4v) is 2.36. The molecular weight excluding hydrogens is 306 g/mol. The molecule has 0 spiro atoms. The van der Waals surface area contributed by atoms with Gasteiger partial charge >= 0.3 is 12.1 Å². The predicted molar refractivity (Wildman–Crippen MR) is 93.2 cm³/mol. The summed E-state index contributed by atoms with van der Waals surface area (Å²) in [5.41, 5.74) is 5.37. The summed E-state index contributed by atoms with van der Waals surface area (Å²) in [6, 6.07) is 15.6. The van der Waals surface area contributed by atoms with Gasteiger partial charge in [0, 0.05) is 16.9 Å². The summed E-state index contributed by atoms with van der Waals surface area (Å²) in [6.45, 7) is 1.86. The number of rotatable bonds is 3. The summed E-state index contributed by atoms with van der Waals surface area (Å²) >= 11 is 0. The van der Waals surface area contributed by atoms with Crippen LogP contribution in [-0.2, 0) is 0 Å². The monoisotopic (exact) mass is 323 g/mol. The van der Waals surface area contributed by atoms with E-state index in [0.717, 1.165) is 17.0 Å². The van der Waals surface area contributed by atoms with E-state index in [-0.39, 0.29) is 18.1 Å². The second kappa shape index (κ2) is 6.82. The number of hydrogen-bond acceptors (Lipinski definition) is 3. The number of benzene rings is 2. The van der Waals surface area contributed by atoms with Gasteiger partial charge in [0.05, 0.1) is 11.8 Å². The molecule has 2 aromatic carbocycles. The Labute approximate surface area is 139 Å². The molecule has 1 aliphatic rings. The molecule has 0 fully saturated rings. The van der Waals surface area contributed by atoms with Crippen molar-refractivity contribution in [3.8, 4) is 0 Å². The lowest BCUT2D eigenvalue weighted by Gasteiger charge is -2.21. The zero-order valence-corrected chi connectivity index (χ0v) is 13.0. The minimum absolute atomic E-state index is 0.182. The average Bonchev–Trinajstić information content (AvgIpc) is 2.57. The van der Waals surface area contributed by atoms with Gasteiger partial charge in [-0.05, 0) is 31.2 Å². The number of hydrazone groups is 1. The molecule has 7 nitrogen and oxygen atoms in total. The number of carbonyl (C=O) groups is 2. The number of para-hydroxylation sites is 1. The summed E-state index contributed by atoms with van der Waals surface area (Å²) in [4.78, 5) is 23.1. The summed E-state index contributed by atoms with van der Waals surface area (Å²) in [5, 5.41) is 12.3. The molecule has 1 atom stereocenters. The van der Waals surface area contributed by atoms with Crippen molar-refractivity contribution in [3.63, 3.8) is 0 Å². The number of carbonyl (C=O) groups excluding carboxylic acids is 2. The van der Waals surface area contributed by atoms with Crippen LogP contribution in [-0.4, -0.2) is 23.8 Å². The van der Waals surface area contributed by atoms with Crippen LogP contribution in [0.15, 0.2) is 59.7 Å². The maximum absolute atomic E-state index is 12.0. The molecule has 24 heavy (non-hydrogen) atoms. The van der Waals surface area contributed by atoms with Crippen LogP contribution in [0.5, 0.6) is 0 Å². The Kier molecular flexibility index (Phi) is 4.42. The van der Waals surface area contributed by atoms with E-state index in [9.17, 15) is 9.59 Å². The summed E-state index contributed by atoms with van der Waals surface area (Å²) in [5.74, 6) is 0. The number of amides is 4. The van der Waals surface area contributed by atoms with Gasteiger partial charge in [-0.15, -0.1) is 0 Å². The Morgan fingerprint density at radius 3 is 2.25 bits per heavy atom. The van der Waals surface area contributed by atoms with Crippen molar-refractivity contribution in [2.45, 2.75) is 13.0 Å². The molecule has 0 bridgehead atoms. The lowest BCUT2D eigenvalue weighted by Crippen LogP contribution is -2.48. The van der Waals surface area contributed by atoms with Crippen LogP contribution in [0.25, 0.3) is 0 Å². The highest BCUT2D eigenvalue weighted by Crippen LogP contribution is 2.14. The highest BCUT2D eigenvalue weighted by atomic mass is 16.2. The van der Waals surface area contributed by atoms with E-state index < -0.39 is 0 Å². The maximum Gasteiger partial charge on any atom is 0.335 e. The SMILES string of the molecule is CC1NC(=O)NN=C1c1ccc(NC(=O)Nc2ccccc2)cc1. The fraction of sp³-hybridized carbons (Fsp3) is 0.118. The summed E-state index contributed by atoms with van der Waals surface area (Å²) in [7, 11) is 0. The largest absolute Gasteiger partial charge is 0.335 e. The molecule has 7 heteroatoms. The van der Waals surface area contributed by atoms with Crippen LogP contribution < -0.4 is 21.4 Å². The molecule has 1 aliphatic heterocycles. The lowest BCUT2D eigenvalue weighted by atomic mass is 10.0. The first-order chi connectivity index (χ1) is 11.6. The van der Waals surface area contributed by atoms with E-state index in [4.69, 9.17) is 0 Å². The molecule has 3 rings (SSSR count). The van der Waals surface area contributed by atoms with Gasteiger partial charge in [-0.25, -0.2) is 15.0 Å². The van der Waals surface area contributed by atoms with Gasteiger partial charge < -0.3 is 16.0 Å². The van der Waals surface area contributed by atoms with Crippen LogP contribution in [0.2, 0.25) is 0 Å². The quantitative estimate of drug-likeness (QED) is 0.699. The van der Waals surface area contributed by atoms with Gasteiger partial charge in [0.15, 0.2) is 0 Å². The average molecular weight is 323 g/mol. The number of nitrogens with zero attached hydrogens (tertiary/aromatic N) is 1. The molecule has 1 unspecified atom stereocenters. The second-order valence-corrected chi connectivity index (χ2v) is 5.33. The van der Waals surface area contributed by atoms with Crippen LogP contribution in [0, 0.1) is 0 Å². The molecule has 0 saturated heterocycles. The van der Waals surface area contributed by atoms with Gasteiger partial charge in [-0.3, -0.25) is 0 Å². The van der Waals surface area contributed by atoms with Crippen molar-refractivity contribution in [2.24, 2.45) is 5.10 Å². The molecule has 0 aliphatic carbocycles. The topological polar surface area (TPSA) is 94.6 Å². The summed E-state index contributed by atoms with van der Waals surface area (Å²) in [6.07, 6.45) is 0. The first-order valence-electron chi connectivity index (χ1n) is 7.49. The normalized spacial score (nSPS) is 16.5. The Morgan fingerprint density at radius 2 is 1.62 bits per heavy atom. The molecule has 1 heterocycles. The zero-order chi connectivity index (χ0) is 16.9. The third-order valence-electron chi connectivity index (χ3n) is 3.51. The second-order valence-electron chi connectivity index (χ2n) is 5.33. The molecule has 4 N–H and O–H groups in total. The van der Waals surface area contributed by atoms with E-state index >= 15 is 0 Å². The number of hydrogen-bond donors (Lipinski definition) is 4. The van der Waals surface area contributed by atoms with E-state index in [1.807, 2.05) is 49.4 Å². The van der Waals surface area contributed by atoms with Crippen molar-refractivity contribution >= 4 is 29.1 Å². The van der Waals surface area contributed by atoms with Crippen molar-refractivity contribution in [2.75, 3.05) is 10.6 Å². The minimum atomic E-state index is -0.317. The molecule has 0 radical (unpaired) electrons. The van der Waals surface area contributed by atoms with Crippen molar-refractivity contribution < 1.29 is 9.59 Å². The van der Waals surface area contributed by atoms with Crippen LogP contribution in [0.1, 0.15) is 12.5 Å². The van der Waals surface area contributed by atoms with Gasteiger partial charge in [0.25, 0.3) is 0 Å².